The molecule has 0 saturated heterocycles. The van der Waals surface area contributed by atoms with Crippen LogP contribution >= 0.6 is 0 Å². The lowest BCUT2D eigenvalue weighted by molar-refractivity contribution is 0.0951. The van der Waals surface area contributed by atoms with Crippen molar-refractivity contribution in [2.24, 2.45) is 0 Å². The Bertz CT molecular complexity index is 788. The first-order valence-corrected chi connectivity index (χ1v) is 6.83. The highest BCUT2D eigenvalue weighted by Gasteiger charge is 2.09. The van der Waals surface area contributed by atoms with Crippen LogP contribution in [0.25, 0.3) is 11.1 Å². The fraction of sp³-hybridized carbons (Fsp3) is 0.176. The van der Waals surface area contributed by atoms with E-state index in [9.17, 15) is 4.79 Å². The molecule has 0 saturated carbocycles. The van der Waals surface area contributed by atoms with Crippen molar-refractivity contribution in [1.82, 2.24) is 10.3 Å². The Balaban J connectivity index is 1.72. The predicted octanol–water partition coefficient (Wildman–Crippen LogP) is 3.37. The van der Waals surface area contributed by atoms with Gasteiger partial charge in [-0.15, -0.1) is 0 Å². The Morgan fingerprint density at radius 1 is 1.14 bits per heavy atom. The molecule has 21 heavy (non-hydrogen) atoms. The van der Waals surface area contributed by atoms with Crippen LogP contribution in [0.3, 0.4) is 0 Å². The van der Waals surface area contributed by atoms with Gasteiger partial charge >= 0.3 is 0 Å². The lowest BCUT2D eigenvalue weighted by Gasteiger charge is -2.05. The zero-order valence-corrected chi connectivity index (χ0v) is 12.0. The second-order valence-electron chi connectivity index (χ2n) is 5.08. The molecule has 106 valence electrons. The molecule has 3 aromatic rings. The molecule has 4 nitrogen and oxygen atoms in total. The maximum Gasteiger partial charge on any atom is 0.251 e. The summed E-state index contributed by atoms with van der Waals surface area (Å²) in [5.41, 5.74) is 4.26. The van der Waals surface area contributed by atoms with E-state index >= 15 is 0 Å². The Kier molecular flexibility index (Phi) is 3.44. The van der Waals surface area contributed by atoms with Crippen molar-refractivity contribution in [2.45, 2.75) is 20.4 Å². The van der Waals surface area contributed by atoms with Gasteiger partial charge in [0.2, 0.25) is 0 Å². The molecular formula is C17H16N2O2. The number of hydrogen-bond donors (Lipinski definition) is 1. The van der Waals surface area contributed by atoms with Crippen LogP contribution in [0.15, 0.2) is 46.9 Å². The summed E-state index contributed by atoms with van der Waals surface area (Å²) in [6.07, 6.45) is 0. The molecule has 0 aliphatic carbocycles. The SMILES string of the molecule is Cc1ccc(CNC(=O)c2ccc3nc(C)oc3c2)cc1. The van der Waals surface area contributed by atoms with Crippen molar-refractivity contribution < 1.29 is 9.21 Å². The van der Waals surface area contributed by atoms with Gasteiger partial charge in [-0.1, -0.05) is 29.8 Å². The van der Waals surface area contributed by atoms with Crippen LogP contribution in [0, 0.1) is 13.8 Å². The number of fused-ring (bicyclic) bond motifs is 1. The third-order valence-electron chi connectivity index (χ3n) is 3.33. The Hall–Kier alpha value is -2.62. The summed E-state index contributed by atoms with van der Waals surface area (Å²) in [5.74, 6) is 0.480. The number of carbonyl (C=O) groups is 1. The van der Waals surface area contributed by atoms with Crippen LogP contribution in [0.4, 0.5) is 0 Å². The van der Waals surface area contributed by atoms with Gasteiger partial charge in [0.25, 0.3) is 5.91 Å². The van der Waals surface area contributed by atoms with Gasteiger partial charge in [-0.3, -0.25) is 4.79 Å². The molecule has 2 aromatic carbocycles. The molecule has 0 fully saturated rings. The molecule has 1 N–H and O–H groups in total. The zero-order valence-electron chi connectivity index (χ0n) is 12.0. The molecule has 0 bridgehead atoms. The van der Waals surface area contributed by atoms with Crippen molar-refractivity contribution in [3.05, 3.63) is 65.0 Å². The summed E-state index contributed by atoms with van der Waals surface area (Å²) in [5, 5.41) is 2.91. The average Bonchev–Trinajstić information content (AvgIpc) is 2.85. The molecule has 0 atom stereocenters. The number of amides is 1. The van der Waals surface area contributed by atoms with Gasteiger partial charge in [0.1, 0.15) is 5.52 Å². The molecule has 1 aromatic heterocycles. The van der Waals surface area contributed by atoms with E-state index in [0.717, 1.165) is 11.1 Å². The zero-order chi connectivity index (χ0) is 14.8. The second kappa shape index (κ2) is 5.40. The van der Waals surface area contributed by atoms with E-state index < -0.39 is 0 Å². The van der Waals surface area contributed by atoms with Crippen molar-refractivity contribution in [2.75, 3.05) is 0 Å². The normalized spacial score (nSPS) is 10.8. The molecule has 0 radical (unpaired) electrons. The molecule has 4 heteroatoms. The first-order valence-electron chi connectivity index (χ1n) is 6.83. The van der Waals surface area contributed by atoms with Gasteiger partial charge in [-0.05, 0) is 30.7 Å². The third-order valence-corrected chi connectivity index (χ3v) is 3.33. The largest absolute Gasteiger partial charge is 0.441 e. The molecule has 0 aliphatic heterocycles. The van der Waals surface area contributed by atoms with Crippen molar-refractivity contribution in [3.63, 3.8) is 0 Å². The van der Waals surface area contributed by atoms with E-state index in [1.165, 1.54) is 5.56 Å². The van der Waals surface area contributed by atoms with Gasteiger partial charge < -0.3 is 9.73 Å². The highest BCUT2D eigenvalue weighted by molar-refractivity contribution is 5.96. The van der Waals surface area contributed by atoms with Crippen LogP contribution in [0.5, 0.6) is 0 Å². The highest BCUT2D eigenvalue weighted by atomic mass is 16.3. The summed E-state index contributed by atoms with van der Waals surface area (Å²) < 4.78 is 5.44. The van der Waals surface area contributed by atoms with Crippen LogP contribution in [-0.2, 0) is 6.54 Å². The van der Waals surface area contributed by atoms with Gasteiger partial charge in [-0.25, -0.2) is 4.98 Å². The van der Waals surface area contributed by atoms with E-state index in [-0.39, 0.29) is 5.91 Å². The summed E-state index contributed by atoms with van der Waals surface area (Å²) in [4.78, 5) is 16.4. The van der Waals surface area contributed by atoms with Crippen LogP contribution < -0.4 is 5.32 Å². The van der Waals surface area contributed by atoms with Crippen molar-refractivity contribution in [3.8, 4) is 0 Å². The summed E-state index contributed by atoms with van der Waals surface area (Å²) in [7, 11) is 0. The molecule has 3 rings (SSSR count). The molecule has 0 aliphatic rings. The third kappa shape index (κ3) is 2.94. The summed E-state index contributed by atoms with van der Waals surface area (Å²) in [6.45, 7) is 4.33. The maximum atomic E-state index is 12.2. The number of hydrogen-bond acceptors (Lipinski definition) is 3. The van der Waals surface area contributed by atoms with E-state index in [0.29, 0.717) is 23.6 Å². The summed E-state index contributed by atoms with van der Waals surface area (Å²) >= 11 is 0. The molecular weight excluding hydrogens is 264 g/mol. The van der Waals surface area contributed by atoms with Gasteiger partial charge in [0.15, 0.2) is 11.5 Å². The molecule has 1 heterocycles. The van der Waals surface area contributed by atoms with E-state index in [1.807, 2.05) is 31.2 Å². The minimum atomic E-state index is -0.119. The number of aryl methyl sites for hydroxylation is 2. The fourth-order valence-corrected chi connectivity index (χ4v) is 2.17. The van der Waals surface area contributed by atoms with E-state index in [4.69, 9.17) is 4.42 Å². The quantitative estimate of drug-likeness (QED) is 0.800. The summed E-state index contributed by atoms with van der Waals surface area (Å²) in [6, 6.07) is 13.4. The average molecular weight is 280 g/mol. The smallest absolute Gasteiger partial charge is 0.251 e. The Morgan fingerprint density at radius 2 is 1.90 bits per heavy atom. The first kappa shape index (κ1) is 13.4. The van der Waals surface area contributed by atoms with E-state index in [2.05, 4.69) is 10.3 Å². The van der Waals surface area contributed by atoms with Gasteiger partial charge in [0, 0.05) is 19.0 Å². The van der Waals surface area contributed by atoms with Gasteiger partial charge in [-0.2, -0.15) is 0 Å². The number of oxazole rings is 1. The number of nitrogens with one attached hydrogen (secondary N) is 1. The highest BCUT2D eigenvalue weighted by Crippen LogP contribution is 2.17. The fourth-order valence-electron chi connectivity index (χ4n) is 2.17. The number of aromatic nitrogens is 1. The second-order valence-corrected chi connectivity index (χ2v) is 5.08. The molecule has 0 unspecified atom stereocenters. The number of rotatable bonds is 3. The van der Waals surface area contributed by atoms with E-state index in [1.54, 1.807) is 25.1 Å². The maximum absolute atomic E-state index is 12.2. The number of carbonyl (C=O) groups excluding carboxylic acids is 1. The number of benzene rings is 2. The van der Waals surface area contributed by atoms with Crippen LogP contribution in [0.1, 0.15) is 27.4 Å². The van der Waals surface area contributed by atoms with Crippen LogP contribution in [-0.4, -0.2) is 10.9 Å². The minimum Gasteiger partial charge on any atom is -0.441 e. The number of nitrogens with zero attached hydrogens (tertiary/aromatic N) is 1. The van der Waals surface area contributed by atoms with Crippen LogP contribution in [0.2, 0.25) is 0 Å². The van der Waals surface area contributed by atoms with Gasteiger partial charge in [0.05, 0.1) is 0 Å². The van der Waals surface area contributed by atoms with Crippen molar-refractivity contribution in [1.29, 1.82) is 0 Å². The monoisotopic (exact) mass is 280 g/mol. The molecule has 0 spiro atoms. The Labute approximate surface area is 122 Å². The minimum absolute atomic E-state index is 0.119. The predicted molar refractivity (Wildman–Crippen MR) is 81.1 cm³/mol. The molecule has 1 amide bonds. The topological polar surface area (TPSA) is 55.1 Å². The standard InChI is InChI=1S/C17H16N2O2/c1-11-3-5-13(6-4-11)10-18-17(20)14-7-8-15-16(9-14)21-12(2)19-15/h3-9H,10H2,1-2H3,(H,18,20). The Morgan fingerprint density at radius 3 is 2.67 bits per heavy atom. The van der Waals surface area contributed by atoms with Crippen molar-refractivity contribution >= 4 is 17.0 Å². The first-order chi connectivity index (χ1) is 10.1. The lowest BCUT2D eigenvalue weighted by atomic mass is 10.1. The lowest BCUT2D eigenvalue weighted by Crippen LogP contribution is -2.22.